The number of benzene rings is 1. The monoisotopic (exact) mass is 485 g/mol. The Morgan fingerprint density at radius 1 is 1.29 bits per heavy atom. The minimum absolute atomic E-state index is 0.0367. The molecule has 0 radical (unpaired) electrons. The van der Waals surface area contributed by atoms with E-state index in [9.17, 15) is 23.5 Å². The van der Waals surface area contributed by atoms with Crippen LogP contribution in [0.5, 0.6) is 5.75 Å². The number of ether oxygens (including phenoxy) is 1. The Bertz CT molecular complexity index is 1270. The third kappa shape index (κ3) is 3.00. The van der Waals surface area contributed by atoms with E-state index in [1.807, 2.05) is 6.92 Å². The highest BCUT2D eigenvalue weighted by molar-refractivity contribution is 6.08. The van der Waals surface area contributed by atoms with E-state index in [1.165, 1.54) is 4.90 Å². The number of halogens is 2. The lowest BCUT2D eigenvalue weighted by Crippen LogP contribution is -2.59. The number of carbonyl (C=O) groups excluding carboxylic acids is 2. The molecule has 1 aromatic heterocycles. The van der Waals surface area contributed by atoms with Gasteiger partial charge in [-0.25, -0.2) is 14.8 Å². The summed E-state index contributed by atoms with van der Waals surface area (Å²) in [4.78, 5) is 37.3. The maximum atomic E-state index is 14.7. The number of amides is 3. The van der Waals surface area contributed by atoms with Crippen LogP contribution in [0.1, 0.15) is 43.5 Å². The molecular formula is C24H25F2N5O4. The van der Waals surface area contributed by atoms with Crippen LogP contribution >= 0.6 is 0 Å². The molecule has 4 heterocycles. The number of anilines is 1. The Kier molecular flexibility index (Phi) is 4.64. The van der Waals surface area contributed by atoms with Gasteiger partial charge in [0, 0.05) is 36.2 Å². The Labute approximate surface area is 200 Å². The van der Waals surface area contributed by atoms with E-state index in [0.29, 0.717) is 41.1 Å². The first-order valence-corrected chi connectivity index (χ1v) is 11.8. The standard InChI is InChI=1S/C24H25F2N5O4/c1-3-8-30-20(33)23(29-22(30)34)11-35-17-9-13(4-5-15(17)23)18-14-6-7-24(25,26)19(14)28-21(27-18)31-10-16(32)12(31)2/h4-5,9,12,16,32H,3,6-8,10-11H2,1-2H3,(H,29,34)/t12-,16+,23?/m0/s1. The average molecular weight is 485 g/mol. The van der Waals surface area contributed by atoms with Crippen LogP contribution in [-0.4, -0.2) is 63.8 Å². The summed E-state index contributed by atoms with van der Waals surface area (Å²) >= 11 is 0. The lowest BCUT2D eigenvalue weighted by molar-refractivity contribution is -0.132. The number of nitrogens with zero attached hydrogens (tertiary/aromatic N) is 4. The molecule has 2 aromatic rings. The highest BCUT2D eigenvalue weighted by atomic mass is 19.3. The highest BCUT2D eigenvalue weighted by Crippen LogP contribution is 2.47. The minimum Gasteiger partial charge on any atom is -0.490 e. The lowest BCUT2D eigenvalue weighted by atomic mass is 9.90. The number of aliphatic hydroxyl groups is 1. The second-order valence-corrected chi connectivity index (χ2v) is 9.66. The smallest absolute Gasteiger partial charge is 0.325 e. The van der Waals surface area contributed by atoms with Crippen molar-refractivity contribution in [3.05, 3.63) is 35.0 Å². The summed E-state index contributed by atoms with van der Waals surface area (Å²) in [6.45, 7) is 4.23. The maximum absolute atomic E-state index is 14.7. The van der Waals surface area contributed by atoms with E-state index in [-0.39, 0.29) is 49.6 Å². The maximum Gasteiger partial charge on any atom is 0.325 e. The molecule has 0 saturated carbocycles. The fourth-order valence-electron chi connectivity index (χ4n) is 5.37. The summed E-state index contributed by atoms with van der Waals surface area (Å²) in [7, 11) is 0. The Hall–Kier alpha value is -3.34. The summed E-state index contributed by atoms with van der Waals surface area (Å²) in [5.41, 5.74) is 0.312. The predicted molar refractivity (Wildman–Crippen MR) is 120 cm³/mol. The molecule has 3 atom stereocenters. The normalized spacial score (nSPS) is 28.1. The molecule has 2 saturated heterocycles. The van der Waals surface area contributed by atoms with Crippen LogP contribution in [0.15, 0.2) is 18.2 Å². The molecule has 9 nitrogen and oxygen atoms in total. The van der Waals surface area contributed by atoms with Crippen LogP contribution in [0.25, 0.3) is 11.3 Å². The number of hydrogen-bond donors (Lipinski definition) is 2. The van der Waals surface area contributed by atoms with Crippen molar-refractivity contribution in [1.82, 2.24) is 20.2 Å². The van der Waals surface area contributed by atoms with E-state index in [4.69, 9.17) is 4.74 Å². The van der Waals surface area contributed by atoms with Crippen molar-refractivity contribution in [2.75, 3.05) is 24.6 Å². The highest BCUT2D eigenvalue weighted by Gasteiger charge is 2.57. The van der Waals surface area contributed by atoms with Gasteiger partial charge in [-0.2, -0.15) is 8.78 Å². The zero-order valence-corrected chi connectivity index (χ0v) is 19.3. The predicted octanol–water partition coefficient (Wildman–Crippen LogP) is 2.30. The van der Waals surface area contributed by atoms with Crippen molar-refractivity contribution >= 4 is 17.9 Å². The molecule has 3 amide bonds. The quantitative estimate of drug-likeness (QED) is 0.640. The largest absolute Gasteiger partial charge is 0.490 e. The molecule has 4 aliphatic rings. The number of rotatable bonds is 4. The summed E-state index contributed by atoms with van der Waals surface area (Å²) in [6.07, 6.45) is -0.130. The number of hydrogen-bond acceptors (Lipinski definition) is 7. The van der Waals surface area contributed by atoms with Gasteiger partial charge in [-0.15, -0.1) is 0 Å². The summed E-state index contributed by atoms with van der Waals surface area (Å²) in [5, 5.41) is 12.7. The Morgan fingerprint density at radius 3 is 2.80 bits per heavy atom. The van der Waals surface area contributed by atoms with Crippen LogP contribution in [0.2, 0.25) is 0 Å². The van der Waals surface area contributed by atoms with Crippen molar-refractivity contribution in [3.63, 3.8) is 0 Å². The van der Waals surface area contributed by atoms with Crippen LogP contribution in [-0.2, 0) is 22.7 Å². The zero-order chi connectivity index (χ0) is 24.7. The van der Waals surface area contributed by atoms with Gasteiger partial charge in [-0.3, -0.25) is 9.69 Å². The topological polar surface area (TPSA) is 108 Å². The SMILES string of the molecule is CCCN1C(=O)NC2(COc3cc(-c4nc(N5C[C@@H](O)[C@@H]5C)nc5c4CCC5(F)F)ccc32)C1=O. The van der Waals surface area contributed by atoms with E-state index in [0.717, 1.165) is 0 Å². The molecule has 184 valence electrons. The number of urea groups is 1. The first-order valence-electron chi connectivity index (χ1n) is 11.8. The van der Waals surface area contributed by atoms with Gasteiger partial charge < -0.3 is 20.1 Å². The number of fused-ring (bicyclic) bond motifs is 3. The van der Waals surface area contributed by atoms with Gasteiger partial charge in [0.15, 0.2) is 5.54 Å². The number of alkyl halides is 2. The molecule has 2 fully saturated rings. The summed E-state index contributed by atoms with van der Waals surface area (Å²) < 4.78 is 35.3. The first-order chi connectivity index (χ1) is 16.7. The Morgan fingerprint density at radius 2 is 2.09 bits per heavy atom. The molecule has 1 aliphatic carbocycles. The zero-order valence-electron chi connectivity index (χ0n) is 19.3. The molecule has 1 spiro atoms. The third-order valence-electron chi connectivity index (χ3n) is 7.50. The average Bonchev–Trinajstić information content (AvgIpc) is 3.44. The molecule has 11 heteroatoms. The molecule has 1 unspecified atom stereocenters. The van der Waals surface area contributed by atoms with E-state index < -0.39 is 23.6 Å². The lowest BCUT2D eigenvalue weighted by Gasteiger charge is -2.43. The number of carbonyl (C=O) groups is 2. The molecule has 3 aliphatic heterocycles. The number of aromatic nitrogens is 2. The van der Waals surface area contributed by atoms with Crippen LogP contribution in [0.3, 0.4) is 0 Å². The van der Waals surface area contributed by atoms with Crippen molar-refractivity contribution < 1.29 is 28.2 Å². The van der Waals surface area contributed by atoms with E-state index in [2.05, 4.69) is 15.3 Å². The molecule has 35 heavy (non-hydrogen) atoms. The van der Waals surface area contributed by atoms with Crippen LogP contribution in [0.4, 0.5) is 19.5 Å². The van der Waals surface area contributed by atoms with Crippen molar-refractivity contribution in [2.45, 2.75) is 56.7 Å². The second-order valence-electron chi connectivity index (χ2n) is 9.66. The number of β-amino-alcohol motifs (C(OH)–C–C–N with tert-alkyl or cyclic N) is 1. The summed E-state index contributed by atoms with van der Waals surface area (Å²) in [5.74, 6) is -2.86. The van der Waals surface area contributed by atoms with E-state index in [1.54, 1.807) is 30.0 Å². The van der Waals surface area contributed by atoms with E-state index >= 15 is 0 Å². The fourth-order valence-corrected chi connectivity index (χ4v) is 5.37. The number of imide groups is 1. The molecular weight excluding hydrogens is 460 g/mol. The number of aliphatic hydroxyl groups excluding tert-OH is 1. The van der Waals surface area contributed by atoms with Crippen molar-refractivity contribution in [1.29, 1.82) is 0 Å². The van der Waals surface area contributed by atoms with Gasteiger partial charge in [0.05, 0.1) is 17.8 Å². The van der Waals surface area contributed by atoms with Gasteiger partial charge in [-0.1, -0.05) is 19.1 Å². The second kappa shape index (κ2) is 7.33. The fraction of sp³-hybridized carbons (Fsp3) is 0.500. The van der Waals surface area contributed by atoms with Crippen LogP contribution < -0.4 is 15.0 Å². The first kappa shape index (κ1) is 22.1. The number of nitrogens with one attached hydrogen (secondary N) is 1. The van der Waals surface area contributed by atoms with Crippen LogP contribution in [0, 0.1) is 0 Å². The molecule has 1 aromatic carbocycles. The Balaban J connectivity index is 1.42. The van der Waals surface area contributed by atoms with Gasteiger partial charge >= 0.3 is 6.03 Å². The molecule has 6 rings (SSSR count). The van der Waals surface area contributed by atoms with Crippen molar-refractivity contribution in [3.8, 4) is 17.0 Å². The van der Waals surface area contributed by atoms with Gasteiger partial charge in [0.25, 0.3) is 11.8 Å². The minimum atomic E-state index is -3.06. The van der Waals surface area contributed by atoms with Gasteiger partial charge in [-0.05, 0) is 25.8 Å². The van der Waals surface area contributed by atoms with Gasteiger partial charge in [0.1, 0.15) is 18.1 Å². The molecule has 2 N–H and O–H groups in total. The van der Waals surface area contributed by atoms with Gasteiger partial charge in [0.2, 0.25) is 5.95 Å². The third-order valence-corrected chi connectivity index (χ3v) is 7.50. The summed E-state index contributed by atoms with van der Waals surface area (Å²) in [6, 6.07) is 4.37. The molecule has 0 bridgehead atoms. The van der Waals surface area contributed by atoms with Crippen molar-refractivity contribution in [2.24, 2.45) is 0 Å².